The van der Waals surface area contributed by atoms with Gasteiger partial charge in [0.1, 0.15) is 17.4 Å². The van der Waals surface area contributed by atoms with Crippen LogP contribution in [0.5, 0.6) is 5.75 Å². The lowest BCUT2D eigenvalue weighted by molar-refractivity contribution is -0.111. The van der Waals surface area contributed by atoms with Gasteiger partial charge in [0.15, 0.2) is 0 Å². The Morgan fingerprint density at radius 2 is 1.80 bits per heavy atom. The lowest BCUT2D eigenvalue weighted by atomic mass is 10.2. The molecule has 1 heterocycles. The van der Waals surface area contributed by atoms with Crippen LogP contribution in [-0.2, 0) is 4.79 Å². The Morgan fingerprint density at radius 1 is 1.03 bits per heavy atom. The molecule has 6 nitrogen and oxygen atoms in total. The van der Waals surface area contributed by atoms with E-state index in [0.717, 1.165) is 24.3 Å². The van der Waals surface area contributed by atoms with Crippen LogP contribution < -0.4 is 15.4 Å². The maximum atomic E-state index is 13.6. The monoisotopic (exact) mass is 409 g/mol. The number of carbonyl (C=O) groups is 2. The van der Waals surface area contributed by atoms with Gasteiger partial charge in [0.05, 0.1) is 18.4 Å². The molecule has 3 aromatic rings. The first-order chi connectivity index (χ1) is 14.5. The molecule has 0 spiro atoms. The quantitative estimate of drug-likeness (QED) is 0.596. The van der Waals surface area contributed by atoms with Gasteiger partial charge in [0, 0.05) is 35.8 Å². The molecule has 0 aliphatic rings. The second kappa shape index (κ2) is 9.42. The highest BCUT2D eigenvalue weighted by Gasteiger charge is 2.11. The average Bonchev–Trinajstić information content (AvgIpc) is 2.75. The minimum Gasteiger partial charge on any atom is -0.494 e. The second-order valence-electron chi connectivity index (χ2n) is 6.07. The van der Waals surface area contributed by atoms with E-state index in [1.807, 2.05) is 0 Å². The molecule has 8 heteroatoms. The van der Waals surface area contributed by atoms with Gasteiger partial charge in [-0.25, -0.2) is 8.78 Å². The predicted octanol–water partition coefficient (Wildman–Crippen LogP) is 4.27. The molecule has 30 heavy (non-hydrogen) atoms. The van der Waals surface area contributed by atoms with Crippen LogP contribution >= 0.6 is 0 Å². The van der Waals surface area contributed by atoms with Crippen molar-refractivity contribution in [2.24, 2.45) is 0 Å². The normalized spacial score (nSPS) is 10.6. The molecule has 0 saturated heterocycles. The van der Waals surface area contributed by atoms with Gasteiger partial charge in [-0.1, -0.05) is 6.07 Å². The number of amides is 2. The first kappa shape index (κ1) is 20.7. The number of ether oxygens (including phenoxy) is 1. The van der Waals surface area contributed by atoms with Crippen LogP contribution in [0, 0.1) is 11.6 Å². The van der Waals surface area contributed by atoms with Crippen LogP contribution in [-0.4, -0.2) is 23.9 Å². The topological polar surface area (TPSA) is 80.3 Å². The summed E-state index contributed by atoms with van der Waals surface area (Å²) in [5.41, 5.74) is 0.837. The van der Waals surface area contributed by atoms with Crippen molar-refractivity contribution in [2.45, 2.75) is 0 Å². The van der Waals surface area contributed by atoms with Crippen molar-refractivity contribution >= 4 is 29.3 Å². The number of carbonyl (C=O) groups excluding carboxylic acids is 2. The van der Waals surface area contributed by atoms with E-state index in [0.29, 0.717) is 22.7 Å². The first-order valence-electron chi connectivity index (χ1n) is 8.80. The molecule has 1 aromatic heterocycles. The third-order valence-corrected chi connectivity index (χ3v) is 4.04. The molecular weight excluding hydrogens is 392 g/mol. The Labute approximate surface area is 171 Å². The molecule has 0 aliphatic heterocycles. The van der Waals surface area contributed by atoms with Crippen molar-refractivity contribution in [3.63, 3.8) is 0 Å². The third-order valence-electron chi connectivity index (χ3n) is 4.04. The van der Waals surface area contributed by atoms with Gasteiger partial charge in [-0.15, -0.1) is 0 Å². The molecule has 0 radical (unpaired) electrons. The number of rotatable bonds is 6. The lowest BCUT2D eigenvalue weighted by Gasteiger charge is -2.12. The summed E-state index contributed by atoms with van der Waals surface area (Å²) in [7, 11) is 1.42. The van der Waals surface area contributed by atoms with Gasteiger partial charge in [0.25, 0.3) is 5.91 Å². The van der Waals surface area contributed by atoms with Crippen molar-refractivity contribution in [1.82, 2.24) is 4.98 Å². The fourth-order valence-corrected chi connectivity index (χ4v) is 2.58. The zero-order valence-electron chi connectivity index (χ0n) is 15.9. The smallest absolute Gasteiger partial charge is 0.257 e. The number of hydrogen-bond acceptors (Lipinski definition) is 4. The molecule has 152 valence electrons. The van der Waals surface area contributed by atoms with Crippen molar-refractivity contribution in [2.75, 3.05) is 17.7 Å². The molecule has 2 N–H and O–H groups in total. The number of pyridine rings is 1. The van der Waals surface area contributed by atoms with E-state index in [9.17, 15) is 18.4 Å². The van der Waals surface area contributed by atoms with E-state index in [1.165, 1.54) is 25.4 Å². The van der Waals surface area contributed by atoms with Gasteiger partial charge in [0.2, 0.25) is 5.91 Å². The van der Waals surface area contributed by atoms with Gasteiger partial charge < -0.3 is 15.4 Å². The minimum atomic E-state index is -0.769. The summed E-state index contributed by atoms with van der Waals surface area (Å²) in [4.78, 5) is 28.3. The average molecular weight is 409 g/mol. The van der Waals surface area contributed by atoms with Gasteiger partial charge in [-0.3, -0.25) is 14.6 Å². The van der Waals surface area contributed by atoms with Crippen molar-refractivity contribution in [3.8, 4) is 5.75 Å². The molecule has 3 rings (SSSR count). The molecule has 2 amide bonds. The van der Waals surface area contributed by atoms with E-state index in [-0.39, 0.29) is 11.5 Å². The number of anilines is 2. The molecule has 0 bridgehead atoms. The molecular formula is C22H17F2N3O3. The summed E-state index contributed by atoms with van der Waals surface area (Å²) in [6.45, 7) is 0. The van der Waals surface area contributed by atoms with Crippen LogP contribution in [0.15, 0.2) is 67.0 Å². The summed E-state index contributed by atoms with van der Waals surface area (Å²) in [6, 6.07) is 11.3. The Hall–Kier alpha value is -4.07. The number of halogens is 2. The first-order valence-corrected chi connectivity index (χ1v) is 8.80. The zero-order valence-corrected chi connectivity index (χ0v) is 15.9. The van der Waals surface area contributed by atoms with Gasteiger partial charge >= 0.3 is 0 Å². The van der Waals surface area contributed by atoms with E-state index in [1.54, 1.807) is 30.5 Å². The van der Waals surface area contributed by atoms with Crippen LogP contribution in [0.25, 0.3) is 6.08 Å². The van der Waals surface area contributed by atoms with E-state index < -0.39 is 17.5 Å². The van der Waals surface area contributed by atoms with Crippen LogP contribution in [0.2, 0.25) is 0 Å². The summed E-state index contributed by atoms with van der Waals surface area (Å²) in [5, 5.41) is 5.27. The fraction of sp³-hybridized carbons (Fsp3) is 0.0455. The summed E-state index contributed by atoms with van der Waals surface area (Å²) < 4.78 is 32.5. The van der Waals surface area contributed by atoms with Crippen LogP contribution in [0.4, 0.5) is 20.2 Å². The maximum Gasteiger partial charge on any atom is 0.257 e. The number of hydrogen-bond donors (Lipinski definition) is 2. The highest BCUT2D eigenvalue weighted by Crippen LogP contribution is 2.28. The molecule has 0 aliphatic carbocycles. The highest BCUT2D eigenvalue weighted by atomic mass is 19.1. The highest BCUT2D eigenvalue weighted by molar-refractivity contribution is 6.05. The Morgan fingerprint density at radius 3 is 2.47 bits per heavy atom. The van der Waals surface area contributed by atoms with E-state index in [4.69, 9.17) is 4.74 Å². The number of benzene rings is 2. The summed E-state index contributed by atoms with van der Waals surface area (Å²) in [6.07, 6.45) is 5.07. The van der Waals surface area contributed by atoms with Gasteiger partial charge in [-0.2, -0.15) is 0 Å². The number of nitrogens with one attached hydrogen (secondary N) is 2. The molecule has 0 unspecified atom stereocenters. The summed E-state index contributed by atoms with van der Waals surface area (Å²) in [5.74, 6) is -2.18. The zero-order chi connectivity index (χ0) is 21.5. The minimum absolute atomic E-state index is 0.307. The predicted molar refractivity (Wildman–Crippen MR) is 109 cm³/mol. The Kier molecular flexibility index (Phi) is 6.49. The third kappa shape index (κ3) is 5.05. The standard InChI is InChI=1S/C22H17F2N3O3/c1-30-20-12-15(7-9-19(20)27-22(29)14-4-3-11-25-13-14)26-21(28)10-8-16-17(23)5-2-6-18(16)24/h2-13H,1H3,(H,26,28)(H,27,29)/b10-8+. The van der Waals surface area contributed by atoms with Crippen molar-refractivity contribution < 1.29 is 23.1 Å². The molecule has 2 aromatic carbocycles. The fourth-order valence-electron chi connectivity index (χ4n) is 2.58. The number of nitrogens with zero attached hydrogens (tertiary/aromatic N) is 1. The summed E-state index contributed by atoms with van der Waals surface area (Å²) >= 11 is 0. The largest absolute Gasteiger partial charge is 0.494 e. The van der Waals surface area contributed by atoms with E-state index >= 15 is 0 Å². The Balaban J connectivity index is 1.71. The van der Waals surface area contributed by atoms with Crippen LogP contribution in [0.3, 0.4) is 0 Å². The number of methoxy groups -OCH3 is 1. The SMILES string of the molecule is COc1cc(NC(=O)/C=C/c2c(F)cccc2F)ccc1NC(=O)c1cccnc1. The van der Waals surface area contributed by atoms with Crippen LogP contribution in [0.1, 0.15) is 15.9 Å². The molecule has 0 saturated carbocycles. The Bertz CT molecular complexity index is 1080. The second-order valence-corrected chi connectivity index (χ2v) is 6.07. The molecule has 0 fully saturated rings. The van der Waals surface area contributed by atoms with Crippen molar-refractivity contribution in [3.05, 3.63) is 89.8 Å². The maximum absolute atomic E-state index is 13.6. The van der Waals surface area contributed by atoms with Gasteiger partial charge in [-0.05, 0) is 42.5 Å². The van der Waals surface area contributed by atoms with Crippen molar-refractivity contribution in [1.29, 1.82) is 0 Å². The molecule has 0 atom stereocenters. The van der Waals surface area contributed by atoms with E-state index in [2.05, 4.69) is 15.6 Å². The number of aromatic nitrogens is 1. The lowest BCUT2D eigenvalue weighted by Crippen LogP contribution is -2.13.